The zero-order valence-corrected chi connectivity index (χ0v) is 11.1. The van der Waals surface area contributed by atoms with Crippen LogP contribution in [-0.4, -0.2) is 10.2 Å². The van der Waals surface area contributed by atoms with Gasteiger partial charge in [-0.2, -0.15) is 0 Å². The molecule has 0 saturated heterocycles. The second-order valence-electron chi connectivity index (χ2n) is 4.11. The maximum Gasteiger partial charge on any atom is 0.141 e. The largest absolute Gasteiger partial charge is 0.205 e. The molecule has 2 rings (SSSR count). The lowest BCUT2D eigenvalue weighted by Crippen LogP contribution is -1.88. The number of hydrogen-bond donors (Lipinski definition) is 0. The van der Waals surface area contributed by atoms with Crippen LogP contribution < -0.4 is 0 Å². The monoisotopic (exact) mass is 270 g/mol. The van der Waals surface area contributed by atoms with Gasteiger partial charge >= 0.3 is 0 Å². The molecule has 90 valence electrons. The van der Waals surface area contributed by atoms with Gasteiger partial charge in [0.1, 0.15) is 15.8 Å². The van der Waals surface area contributed by atoms with Gasteiger partial charge in [0.05, 0.1) is 5.02 Å². The fraction of sp³-hybridized carbons (Fsp3) is 0.333. The fourth-order valence-corrected chi connectivity index (χ4v) is 2.48. The molecule has 0 aliphatic carbocycles. The molecular formula is C12H12ClFN2S. The van der Waals surface area contributed by atoms with Crippen molar-refractivity contribution in [3.8, 4) is 0 Å². The highest BCUT2D eigenvalue weighted by Gasteiger charge is 2.09. The summed E-state index contributed by atoms with van der Waals surface area (Å²) in [6, 6.07) is 4.73. The number of rotatable bonds is 3. The van der Waals surface area contributed by atoms with E-state index in [4.69, 9.17) is 11.6 Å². The van der Waals surface area contributed by atoms with Gasteiger partial charge in [-0.3, -0.25) is 0 Å². The molecule has 0 unspecified atom stereocenters. The van der Waals surface area contributed by atoms with Crippen LogP contribution in [0.3, 0.4) is 0 Å². The zero-order valence-electron chi connectivity index (χ0n) is 9.58. The van der Waals surface area contributed by atoms with Crippen LogP contribution >= 0.6 is 22.9 Å². The first-order valence-corrected chi connectivity index (χ1v) is 6.52. The minimum absolute atomic E-state index is 0.149. The molecule has 0 aliphatic rings. The average molecular weight is 271 g/mol. The first-order chi connectivity index (χ1) is 8.06. The molecule has 0 spiro atoms. The van der Waals surface area contributed by atoms with E-state index in [1.54, 1.807) is 23.5 Å². The lowest BCUT2D eigenvalue weighted by atomic mass is 10.1. The lowest BCUT2D eigenvalue weighted by molar-refractivity contribution is 0.627. The third kappa shape index (κ3) is 3.01. The summed E-state index contributed by atoms with van der Waals surface area (Å²) in [6.07, 6.45) is 0.643. The van der Waals surface area contributed by atoms with Crippen molar-refractivity contribution in [3.63, 3.8) is 0 Å². The van der Waals surface area contributed by atoms with Crippen molar-refractivity contribution in [3.05, 3.63) is 44.6 Å². The lowest BCUT2D eigenvalue weighted by Gasteiger charge is -1.99. The molecule has 0 fully saturated rings. The van der Waals surface area contributed by atoms with Crippen LogP contribution in [0.1, 0.15) is 35.3 Å². The Kier molecular flexibility index (Phi) is 3.74. The van der Waals surface area contributed by atoms with Crippen molar-refractivity contribution in [2.24, 2.45) is 0 Å². The summed E-state index contributed by atoms with van der Waals surface area (Å²) in [7, 11) is 0. The van der Waals surface area contributed by atoms with Crippen LogP contribution in [-0.2, 0) is 6.42 Å². The Hall–Kier alpha value is -1.00. The molecule has 0 radical (unpaired) electrons. The van der Waals surface area contributed by atoms with Crippen molar-refractivity contribution < 1.29 is 4.39 Å². The summed E-state index contributed by atoms with van der Waals surface area (Å²) in [5.74, 6) is -0.00592. The molecule has 0 amide bonds. The van der Waals surface area contributed by atoms with Crippen LogP contribution in [0.25, 0.3) is 0 Å². The van der Waals surface area contributed by atoms with Crippen LogP contribution in [0.2, 0.25) is 5.02 Å². The second-order valence-corrected chi connectivity index (χ2v) is 5.61. The minimum atomic E-state index is -0.393. The van der Waals surface area contributed by atoms with Gasteiger partial charge in [0, 0.05) is 12.3 Å². The maximum absolute atomic E-state index is 13.0. The highest BCUT2D eigenvalue weighted by Crippen LogP contribution is 2.23. The SMILES string of the molecule is CC(C)c1nnc(Cc2ccc(F)c(Cl)c2)s1. The molecule has 0 saturated carbocycles. The van der Waals surface area contributed by atoms with E-state index in [0.29, 0.717) is 12.3 Å². The summed E-state index contributed by atoms with van der Waals surface area (Å²) in [6.45, 7) is 4.16. The number of nitrogens with zero attached hydrogens (tertiary/aromatic N) is 2. The predicted molar refractivity (Wildman–Crippen MR) is 68.2 cm³/mol. The Morgan fingerprint density at radius 1 is 1.35 bits per heavy atom. The van der Waals surface area contributed by atoms with Gasteiger partial charge in [-0.25, -0.2) is 4.39 Å². The standard InChI is InChI=1S/C12H12ClFN2S/c1-7(2)12-16-15-11(17-12)6-8-3-4-10(14)9(13)5-8/h3-5,7H,6H2,1-2H3. The fourth-order valence-electron chi connectivity index (χ4n) is 1.40. The van der Waals surface area contributed by atoms with Gasteiger partial charge < -0.3 is 0 Å². The normalized spacial score (nSPS) is 11.1. The van der Waals surface area contributed by atoms with Gasteiger partial charge in [-0.05, 0) is 17.7 Å². The quantitative estimate of drug-likeness (QED) is 0.841. The van der Waals surface area contributed by atoms with Gasteiger partial charge in [0.25, 0.3) is 0 Å². The van der Waals surface area contributed by atoms with Gasteiger partial charge in [0.2, 0.25) is 0 Å². The highest BCUT2D eigenvalue weighted by atomic mass is 35.5. The molecular weight excluding hydrogens is 259 g/mol. The third-order valence-corrected chi connectivity index (χ3v) is 3.83. The Balaban J connectivity index is 2.16. The smallest absolute Gasteiger partial charge is 0.141 e. The molecule has 1 heterocycles. The molecule has 0 N–H and O–H groups in total. The van der Waals surface area contributed by atoms with E-state index < -0.39 is 5.82 Å². The van der Waals surface area contributed by atoms with Crippen LogP contribution in [0.4, 0.5) is 4.39 Å². The molecule has 0 bridgehead atoms. The van der Waals surface area contributed by atoms with Crippen LogP contribution in [0.5, 0.6) is 0 Å². The molecule has 2 nitrogen and oxygen atoms in total. The van der Waals surface area contributed by atoms with Crippen molar-refractivity contribution >= 4 is 22.9 Å². The van der Waals surface area contributed by atoms with Crippen LogP contribution in [0, 0.1) is 5.82 Å². The number of benzene rings is 1. The van der Waals surface area contributed by atoms with E-state index in [1.807, 2.05) is 0 Å². The Labute approximate surface area is 108 Å². The molecule has 1 aromatic heterocycles. The number of halogens is 2. The van der Waals surface area contributed by atoms with Crippen molar-refractivity contribution in [1.29, 1.82) is 0 Å². The molecule has 0 atom stereocenters. The minimum Gasteiger partial charge on any atom is -0.205 e. The van der Waals surface area contributed by atoms with Gasteiger partial charge in [-0.15, -0.1) is 21.5 Å². The molecule has 17 heavy (non-hydrogen) atoms. The zero-order chi connectivity index (χ0) is 12.4. The summed E-state index contributed by atoms with van der Waals surface area (Å²) in [4.78, 5) is 0. The number of hydrogen-bond acceptors (Lipinski definition) is 3. The summed E-state index contributed by atoms with van der Waals surface area (Å²) in [5, 5.41) is 10.3. The molecule has 5 heteroatoms. The first-order valence-electron chi connectivity index (χ1n) is 5.32. The molecule has 0 aliphatic heterocycles. The number of aromatic nitrogens is 2. The van der Waals surface area contributed by atoms with E-state index in [-0.39, 0.29) is 5.02 Å². The summed E-state index contributed by atoms with van der Waals surface area (Å²) < 4.78 is 13.0. The summed E-state index contributed by atoms with van der Waals surface area (Å²) >= 11 is 7.31. The average Bonchev–Trinajstić information content (AvgIpc) is 2.72. The van der Waals surface area contributed by atoms with E-state index in [2.05, 4.69) is 24.0 Å². The Morgan fingerprint density at radius 2 is 2.12 bits per heavy atom. The summed E-state index contributed by atoms with van der Waals surface area (Å²) in [5.41, 5.74) is 0.947. The van der Waals surface area contributed by atoms with E-state index in [9.17, 15) is 4.39 Å². The van der Waals surface area contributed by atoms with E-state index in [0.717, 1.165) is 15.6 Å². The van der Waals surface area contributed by atoms with Crippen molar-refractivity contribution in [1.82, 2.24) is 10.2 Å². The topological polar surface area (TPSA) is 25.8 Å². The molecule has 1 aromatic carbocycles. The third-order valence-electron chi connectivity index (χ3n) is 2.32. The van der Waals surface area contributed by atoms with E-state index >= 15 is 0 Å². The van der Waals surface area contributed by atoms with Gasteiger partial charge in [0.15, 0.2) is 0 Å². The first kappa shape index (κ1) is 12.5. The van der Waals surface area contributed by atoms with E-state index in [1.165, 1.54) is 6.07 Å². The highest BCUT2D eigenvalue weighted by molar-refractivity contribution is 7.11. The Bertz CT molecular complexity index is 525. The predicted octanol–water partition coefficient (Wildman–Crippen LogP) is 4.04. The second kappa shape index (κ2) is 5.10. The molecule has 2 aromatic rings. The van der Waals surface area contributed by atoms with Gasteiger partial charge in [-0.1, -0.05) is 31.5 Å². The van der Waals surface area contributed by atoms with Crippen molar-refractivity contribution in [2.45, 2.75) is 26.2 Å². The Morgan fingerprint density at radius 3 is 2.71 bits per heavy atom. The van der Waals surface area contributed by atoms with Crippen LogP contribution in [0.15, 0.2) is 18.2 Å². The van der Waals surface area contributed by atoms with Crippen molar-refractivity contribution in [2.75, 3.05) is 0 Å². The maximum atomic E-state index is 13.0.